The number of likely N-dealkylation sites (tertiary alicyclic amines) is 2. The van der Waals surface area contributed by atoms with Gasteiger partial charge in [-0.3, -0.25) is 0 Å². The van der Waals surface area contributed by atoms with Crippen molar-refractivity contribution in [2.24, 2.45) is 23.5 Å². The number of piperidine rings is 2. The minimum absolute atomic E-state index is 0.770. The van der Waals surface area contributed by atoms with E-state index >= 15 is 0 Å². The second kappa shape index (κ2) is 6.17. The summed E-state index contributed by atoms with van der Waals surface area (Å²) in [5.74, 6) is 2.51. The van der Waals surface area contributed by atoms with E-state index in [0.717, 1.165) is 24.3 Å². The first-order chi connectivity index (χ1) is 8.20. The van der Waals surface area contributed by atoms with Crippen molar-refractivity contribution in [3.05, 3.63) is 0 Å². The van der Waals surface area contributed by atoms with Crippen LogP contribution in [0.15, 0.2) is 0 Å². The molecule has 2 aliphatic rings. The van der Waals surface area contributed by atoms with Gasteiger partial charge in [-0.15, -0.1) is 0 Å². The lowest BCUT2D eigenvalue weighted by molar-refractivity contribution is 0.0906. The molecule has 0 bridgehead atoms. The molecule has 0 saturated carbocycles. The third-order valence-corrected chi connectivity index (χ3v) is 4.91. The molecule has 2 aliphatic heterocycles. The standard InChI is InChI=1S/C14H29N3/c1-16-8-5-12(6-9-16)14(10-15)13-4-3-7-17(2)11-13/h12-14H,3-11,15H2,1-2H3. The van der Waals surface area contributed by atoms with E-state index in [-0.39, 0.29) is 0 Å². The number of nitrogens with two attached hydrogens (primary N) is 1. The van der Waals surface area contributed by atoms with Gasteiger partial charge in [0.15, 0.2) is 0 Å². The molecular formula is C14H29N3. The molecule has 0 spiro atoms. The van der Waals surface area contributed by atoms with Gasteiger partial charge in [0.1, 0.15) is 0 Å². The van der Waals surface area contributed by atoms with Crippen LogP contribution in [0.5, 0.6) is 0 Å². The van der Waals surface area contributed by atoms with Crippen LogP contribution in [0.4, 0.5) is 0 Å². The zero-order valence-corrected chi connectivity index (χ0v) is 11.6. The maximum absolute atomic E-state index is 6.08. The number of rotatable bonds is 3. The highest BCUT2D eigenvalue weighted by Gasteiger charge is 2.32. The quantitative estimate of drug-likeness (QED) is 0.804. The summed E-state index contributed by atoms with van der Waals surface area (Å²) < 4.78 is 0. The molecule has 2 rings (SSSR count). The highest BCUT2D eigenvalue weighted by molar-refractivity contribution is 4.85. The van der Waals surface area contributed by atoms with Crippen LogP contribution in [0.25, 0.3) is 0 Å². The summed E-state index contributed by atoms with van der Waals surface area (Å²) in [5, 5.41) is 0. The lowest BCUT2D eigenvalue weighted by Crippen LogP contribution is -2.43. The van der Waals surface area contributed by atoms with Crippen LogP contribution in [-0.2, 0) is 0 Å². The maximum Gasteiger partial charge on any atom is 0.000984 e. The van der Waals surface area contributed by atoms with Gasteiger partial charge in [0.25, 0.3) is 0 Å². The molecule has 3 nitrogen and oxygen atoms in total. The molecule has 0 aromatic rings. The highest BCUT2D eigenvalue weighted by Crippen LogP contribution is 2.33. The van der Waals surface area contributed by atoms with E-state index in [1.807, 2.05) is 0 Å². The van der Waals surface area contributed by atoms with Gasteiger partial charge in [-0.05, 0) is 83.7 Å². The Kier molecular flexibility index (Phi) is 4.83. The molecule has 0 aromatic heterocycles. The molecule has 2 atom stereocenters. The summed E-state index contributed by atoms with van der Waals surface area (Å²) >= 11 is 0. The Morgan fingerprint density at radius 1 is 1.00 bits per heavy atom. The van der Waals surface area contributed by atoms with Crippen LogP contribution < -0.4 is 5.73 Å². The molecule has 0 aromatic carbocycles. The van der Waals surface area contributed by atoms with Crippen LogP contribution in [0.2, 0.25) is 0 Å². The van der Waals surface area contributed by atoms with Crippen molar-refractivity contribution in [1.82, 2.24) is 9.80 Å². The van der Waals surface area contributed by atoms with E-state index in [0.29, 0.717) is 0 Å². The summed E-state index contributed by atoms with van der Waals surface area (Å²) in [6.45, 7) is 5.98. The van der Waals surface area contributed by atoms with Gasteiger partial charge in [-0.25, -0.2) is 0 Å². The zero-order chi connectivity index (χ0) is 12.3. The van der Waals surface area contributed by atoms with E-state index in [1.54, 1.807) is 0 Å². The monoisotopic (exact) mass is 239 g/mol. The average Bonchev–Trinajstić information content (AvgIpc) is 2.33. The van der Waals surface area contributed by atoms with Crippen LogP contribution in [0, 0.1) is 17.8 Å². The zero-order valence-electron chi connectivity index (χ0n) is 11.6. The summed E-state index contributed by atoms with van der Waals surface area (Å²) in [6, 6.07) is 0. The second-order valence-electron chi connectivity index (χ2n) is 6.20. The molecule has 2 unspecified atom stereocenters. The normalized spacial score (nSPS) is 31.6. The Hall–Kier alpha value is -0.120. The fraction of sp³-hybridized carbons (Fsp3) is 1.00. The van der Waals surface area contributed by atoms with Crippen LogP contribution in [0.3, 0.4) is 0 Å². The maximum atomic E-state index is 6.08. The predicted octanol–water partition coefficient (Wildman–Crippen LogP) is 1.24. The molecule has 100 valence electrons. The number of hydrogen-bond donors (Lipinski definition) is 1. The average molecular weight is 239 g/mol. The Morgan fingerprint density at radius 2 is 1.71 bits per heavy atom. The van der Waals surface area contributed by atoms with Gasteiger partial charge < -0.3 is 15.5 Å². The van der Waals surface area contributed by atoms with Crippen molar-refractivity contribution in [2.75, 3.05) is 46.8 Å². The van der Waals surface area contributed by atoms with Gasteiger partial charge in [0, 0.05) is 6.54 Å². The summed E-state index contributed by atoms with van der Waals surface area (Å²) in [6.07, 6.45) is 5.49. The molecular weight excluding hydrogens is 210 g/mol. The van der Waals surface area contributed by atoms with E-state index < -0.39 is 0 Å². The molecule has 2 N–H and O–H groups in total. The van der Waals surface area contributed by atoms with Crippen molar-refractivity contribution in [2.45, 2.75) is 25.7 Å². The smallest absolute Gasteiger partial charge is 0.000984 e. The SMILES string of the molecule is CN1CCC(C(CN)C2CCCN(C)C2)CC1. The predicted molar refractivity (Wildman–Crippen MR) is 73.0 cm³/mol. The van der Waals surface area contributed by atoms with Gasteiger partial charge in [0.2, 0.25) is 0 Å². The van der Waals surface area contributed by atoms with Crippen molar-refractivity contribution < 1.29 is 0 Å². The molecule has 17 heavy (non-hydrogen) atoms. The van der Waals surface area contributed by atoms with E-state index in [1.165, 1.54) is 51.9 Å². The van der Waals surface area contributed by atoms with Gasteiger partial charge in [0.05, 0.1) is 0 Å². The summed E-state index contributed by atoms with van der Waals surface area (Å²) in [7, 11) is 4.50. The van der Waals surface area contributed by atoms with Crippen LogP contribution >= 0.6 is 0 Å². The largest absolute Gasteiger partial charge is 0.330 e. The first kappa shape index (κ1) is 13.3. The Morgan fingerprint density at radius 3 is 2.29 bits per heavy atom. The fourth-order valence-corrected chi connectivity index (χ4v) is 3.78. The molecule has 2 saturated heterocycles. The minimum Gasteiger partial charge on any atom is -0.330 e. The topological polar surface area (TPSA) is 32.5 Å². The second-order valence-corrected chi connectivity index (χ2v) is 6.20. The number of hydrogen-bond acceptors (Lipinski definition) is 3. The fourth-order valence-electron chi connectivity index (χ4n) is 3.78. The van der Waals surface area contributed by atoms with Crippen molar-refractivity contribution in [3.8, 4) is 0 Å². The van der Waals surface area contributed by atoms with E-state index in [4.69, 9.17) is 5.73 Å². The first-order valence-electron chi connectivity index (χ1n) is 7.28. The lowest BCUT2D eigenvalue weighted by atomic mass is 9.74. The highest BCUT2D eigenvalue weighted by atomic mass is 15.1. The van der Waals surface area contributed by atoms with Gasteiger partial charge >= 0.3 is 0 Å². The van der Waals surface area contributed by atoms with Crippen molar-refractivity contribution in [1.29, 1.82) is 0 Å². The van der Waals surface area contributed by atoms with Crippen molar-refractivity contribution >= 4 is 0 Å². The van der Waals surface area contributed by atoms with Gasteiger partial charge in [-0.2, -0.15) is 0 Å². The van der Waals surface area contributed by atoms with E-state index in [9.17, 15) is 0 Å². The molecule has 2 heterocycles. The molecule has 2 fully saturated rings. The van der Waals surface area contributed by atoms with Crippen LogP contribution in [0.1, 0.15) is 25.7 Å². The molecule has 3 heteroatoms. The summed E-state index contributed by atoms with van der Waals surface area (Å²) in [4.78, 5) is 4.95. The van der Waals surface area contributed by atoms with E-state index in [2.05, 4.69) is 23.9 Å². The molecule has 0 radical (unpaired) electrons. The van der Waals surface area contributed by atoms with Crippen LogP contribution in [-0.4, -0.2) is 56.6 Å². The molecule has 0 aliphatic carbocycles. The number of nitrogens with zero attached hydrogens (tertiary/aromatic N) is 2. The third-order valence-electron chi connectivity index (χ3n) is 4.91. The lowest BCUT2D eigenvalue weighted by Gasteiger charge is -2.41. The Bertz CT molecular complexity index is 224. The Labute approximate surface area is 106 Å². The van der Waals surface area contributed by atoms with Gasteiger partial charge in [-0.1, -0.05) is 0 Å². The minimum atomic E-state index is 0.770. The first-order valence-corrected chi connectivity index (χ1v) is 7.28. The van der Waals surface area contributed by atoms with Crippen molar-refractivity contribution in [3.63, 3.8) is 0 Å². The summed E-state index contributed by atoms with van der Waals surface area (Å²) in [5.41, 5.74) is 6.08. The Balaban J connectivity index is 1.90. The third kappa shape index (κ3) is 3.43. The molecule has 0 amide bonds.